The van der Waals surface area contributed by atoms with Crippen LogP contribution in [0.1, 0.15) is 49.2 Å². The lowest BCUT2D eigenvalue weighted by atomic mass is 9.98. The third kappa shape index (κ3) is 3.46. The minimum Gasteiger partial charge on any atom is -0.384 e. The first-order valence-electron chi connectivity index (χ1n) is 7.16. The van der Waals surface area contributed by atoms with E-state index in [9.17, 15) is 4.79 Å². The van der Waals surface area contributed by atoms with E-state index in [1.165, 1.54) is 0 Å². The number of rotatable bonds is 3. The Hall–Kier alpha value is -1.58. The van der Waals surface area contributed by atoms with Crippen LogP contribution in [0.3, 0.4) is 0 Å². The number of pyridine rings is 1. The zero-order valence-corrected chi connectivity index (χ0v) is 11.9. The molecule has 2 heterocycles. The van der Waals surface area contributed by atoms with Crippen molar-refractivity contribution in [1.29, 1.82) is 0 Å². The lowest BCUT2D eigenvalue weighted by molar-refractivity contribution is 0.0697. The fourth-order valence-corrected chi connectivity index (χ4v) is 2.51. The van der Waals surface area contributed by atoms with E-state index in [-0.39, 0.29) is 5.91 Å². The molecule has 1 aliphatic heterocycles. The molecule has 0 radical (unpaired) electrons. The molecule has 2 rings (SSSR count). The van der Waals surface area contributed by atoms with Crippen molar-refractivity contribution >= 4 is 11.7 Å². The molecule has 0 bridgehead atoms. The number of hydrogen-bond donors (Lipinski definition) is 1. The maximum atomic E-state index is 12.5. The Kier molecular flexibility index (Phi) is 4.40. The highest BCUT2D eigenvalue weighted by Gasteiger charge is 2.22. The minimum atomic E-state index is 0.0957. The monoisotopic (exact) mass is 261 g/mol. The number of piperidine rings is 1. The Labute approximate surface area is 115 Å². The molecule has 19 heavy (non-hydrogen) atoms. The van der Waals surface area contributed by atoms with Gasteiger partial charge in [-0.15, -0.1) is 0 Å². The first-order valence-corrected chi connectivity index (χ1v) is 7.16. The number of carbonyl (C=O) groups is 1. The molecule has 1 fully saturated rings. The van der Waals surface area contributed by atoms with E-state index >= 15 is 0 Å². The molecule has 0 spiro atoms. The summed E-state index contributed by atoms with van der Waals surface area (Å²) in [6.07, 6.45) is 4.05. The number of nitrogens with two attached hydrogens (primary N) is 1. The minimum absolute atomic E-state index is 0.0957. The molecule has 1 saturated heterocycles. The van der Waals surface area contributed by atoms with Crippen molar-refractivity contribution < 1.29 is 4.79 Å². The van der Waals surface area contributed by atoms with E-state index in [1.807, 2.05) is 11.0 Å². The second kappa shape index (κ2) is 6.04. The summed E-state index contributed by atoms with van der Waals surface area (Å²) in [6, 6.07) is 3.58. The van der Waals surface area contributed by atoms with Crippen LogP contribution in [-0.4, -0.2) is 28.9 Å². The summed E-state index contributed by atoms with van der Waals surface area (Å²) in [5.41, 5.74) is 7.40. The summed E-state index contributed by atoms with van der Waals surface area (Å²) >= 11 is 0. The summed E-state index contributed by atoms with van der Waals surface area (Å²) in [7, 11) is 0. The maximum Gasteiger partial charge on any atom is 0.254 e. The molecule has 4 heteroatoms. The molecule has 1 amide bonds. The molecule has 0 unspecified atom stereocenters. The van der Waals surface area contributed by atoms with E-state index in [4.69, 9.17) is 5.73 Å². The number of nitrogen functional groups attached to an aromatic ring is 1. The van der Waals surface area contributed by atoms with Crippen LogP contribution in [0.2, 0.25) is 0 Å². The molecule has 0 aromatic carbocycles. The molecular weight excluding hydrogens is 238 g/mol. The van der Waals surface area contributed by atoms with Gasteiger partial charge in [-0.2, -0.15) is 0 Å². The van der Waals surface area contributed by atoms with E-state index in [0.717, 1.165) is 50.4 Å². The predicted octanol–water partition coefficient (Wildman–Crippen LogP) is 2.49. The number of aryl methyl sites for hydroxylation is 1. The van der Waals surface area contributed by atoms with Gasteiger partial charge in [0.25, 0.3) is 5.91 Å². The van der Waals surface area contributed by atoms with Crippen molar-refractivity contribution in [3.8, 4) is 0 Å². The van der Waals surface area contributed by atoms with E-state index in [1.54, 1.807) is 6.07 Å². The van der Waals surface area contributed by atoms with E-state index in [0.29, 0.717) is 11.4 Å². The van der Waals surface area contributed by atoms with Crippen LogP contribution in [-0.2, 0) is 6.42 Å². The largest absolute Gasteiger partial charge is 0.384 e. The lowest BCUT2D eigenvalue weighted by Crippen LogP contribution is -2.38. The standard InChI is InChI=1S/C15H23N3O/c1-3-4-13-9-12(10-14(16)17-13)15(19)18-7-5-11(2)6-8-18/h9-11H,3-8H2,1-2H3,(H2,16,17). The number of carbonyl (C=O) groups excluding carboxylic acids is 1. The zero-order valence-electron chi connectivity index (χ0n) is 11.9. The Morgan fingerprint density at radius 2 is 2.11 bits per heavy atom. The number of likely N-dealkylation sites (tertiary alicyclic amines) is 1. The normalized spacial score (nSPS) is 16.6. The van der Waals surface area contributed by atoms with Crippen molar-refractivity contribution in [3.63, 3.8) is 0 Å². The number of aromatic nitrogens is 1. The van der Waals surface area contributed by atoms with Gasteiger partial charge in [0.05, 0.1) is 0 Å². The van der Waals surface area contributed by atoms with Gasteiger partial charge in [0, 0.05) is 24.3 Å². The van der Waals surface area contributed by atoms with E-state index in [2.05, 4.69) is 18.8 Å². The van der Waals surface area contributed by atoms with Gasteiger partial charge in [-0.25, -0.2) is 4.98 Å². The third-order valence-electron chi connectivity index (χ3n) is 3.72. The van der Waals surface area contributed by atoms with Gasteiger partial charge in [0.15, 0.2) is 0 Å². The summed E-state index contributed by atoms with van der Waals surface area (Å²) < 4.78 is 0. The lowest BCUT2D eigenvalue weighted by Gasteiger charge is -2.30. The van der Waals surface area contributed by atoms with E-state index < -0.39 is 0 Å². The van der Waals surface area contributed by atoms with Crippen molar-refractivity contribution in [1.82, 2.24) is 9.88 Å². The Bertz CT molecular complexity index is 451. The Morgan fingerprint density at radius 3 is 2.74 bits per heavy atom. The first kappa shape index (κ1) is 13.8. The van der Waals surface area contributed by atoms with Gasteiger partial charge in [-0.05, 0) is 37.3 Å². The van der Waals surface area contributed by atoms with Crippen LogP contribution in [0.4, 0.5) is 5.82 Å². The second-order valence-corrected chi connectivity index (χ2v) is 5.50. The zero-order chi connectivity index (χ0) is 13.8. The molecule has 0 saturated carbocycles. The first-order chi connectivity index (χ1) is 9.10. The number of amides is 1. The molecule has 0 atom stereocenters. The van der Waals surface area contributed by atoms with Crippen molar-refractivity contribution in [3.05, 3.63) is 23.4 Å². The molecule has 4 nitrogen and oxygen atoms in total. The number of nitrogens with zero attached hydrogens (tertiary/aromatic N) is 2. The van der Waals surface area contributed by atoms with Gasteiger partial charge in [0.2, 0.25) is 0 Å². The van der Waals surface area contributed by atoms with Crippen LogP contribution >= 0.6 is 0 Å². The van der Waals surface area contributed by atoms with Crippen molar-refractivity contribution in [2.45, 2.75) is 39.5 Å². The smallest absolute Gasteiger partial charge is 0.254 e. The fourth-order valence-electron chi connectivity index (χ4n) is 2.51. The summed E-state index contributed by atoms with van der Waals surface area (Å²) in [4.78, 5) is 18.7. The molecular formula is C15H23N3O. The molecule has 0 aliphatic carbocycles. The summed E-state index contributed by atoms with van der Waals surface area (Å²) in [5.74, 6) is 1.26. The average molecular weight is 261 g/mol. The molecule has 1 aromatic heterocycles. The second-order valence-electron chi connectivity index (χ2n) is 5.50. The predicted molar refractivity (Wildman–Crippen MR) is 76.9 cm³/mol. The quantitative estimate of drug-likeness (QED) is 0.909. The number of hydrogen-bond acceptors (Lipinski definition) is 3. The van der Waals surface area contributed by atoms with Crippen molar-refractivity contribution in [2.75, 3.05) is 18.8 Å². The van der Waals surface area contributed by atoms with Crippen LogP contribution < -0.4 is 5.73 Å². The van der Waals surface area contributed by atoms with Crippen LogP contribution in [0, 0.1) is 5.92 Å². The number of anilines is 1. The fraction of sp³-hybridized carbons (Fsp3) is 0.600. The highest BCUT2D eigenvalue weighted by atomic mass is 16.2. The van der Waals surface area contributed by atoms with Crippen LogP contribution in [0.5, 0.6) is 0 Å². The highest BCUT2D eigenvalue weighted by Crippen LogP contribution is 2.19. The van der Waals surface area contributed by atoms with Gasteiger partial charge in [0.1, 0.15) is 5.82 Å². The maximum absolute atomic E-state index is 12.5. The van der Waals surface area contributed by atoms with Gasteiger partial charge in [-0.3, -0.25) is 4.79 Å². The molecule has 1 aliphatic rings. The van der Waals surface area contributed by atoms with Gasteiger partial charge < -0.3 is 10.6 Å². The van der Waals surface area contributed by atoms with Crippen molar-refractivity contribution in [2.24, 2.45) is 5.92 Å². The Balaban J connectivity index is 2.14. The third-order valence-corrected chi connectivity index (χ3v) is 3.72. The van der Waals surface area contributed by atoms with Crippen LogP contribution in [0.15, 0.2) is 12.1 Å². The highest BCUT2D eigenvalue weighted by molar-refractivity contribution is 5.95. The average Bonchev–Trinajstić information content (AvgIpc) is 2.38. The summed E-state index contributed by atoms with van der Waals surface area (Å²) in [5, 5.41) is 0. The van der Waals surface area contributed by atoms with Gasteiger partial charge in [-0.1, -0.05) is 20.3 Å². The SMILES string of the molecule is CCCc1cc(C(=O)N2CCC(C)CC2)cc(N)n1. The molecule has 104 valence electrons. The summed E-state index contributed by atoms with van der Waals surface area (Å²) in [6.45, 7) is 6.04. The molecule has 2 N–H and O–H groups in total. The Morgan fingerprint density at radius 1 is 1.42 bits per heavy atom. The van der Waals surface area contributed by atoms with Gasteiger partial charge >= 0.3 is 0 Å². The van der Waals surface area contributed by atoms with Crippen LogP contribution in [0.25, 0.3) is 0 Å². The molecule has 1 aromatic rings. The topological polar surface area (TPSA) is 59.2 Å².